The van der Waals surface area contributed by atoms with Crippen LogP contribution in [-0.4, -0.2) is 42.7 Å². The standard InChI is InChI=1S/C25H28N2O3/c1-30-24-16-20-10-13-27(17-22(20)15-23(24)28)12-5-4-11-26-25(29)21-9-8-18-6-2-3-7-19(18)14-21/h2-3,6-9,14-16,28H,4-5,10-13,17H2,1H3,(H,26,29). The molecule has 1 aliphatic rings. The highest BCUT2D eigenvalue weighted by Gasteiger charge is 2.18. The van der Waals surface area contributed by atoms with E-state index in [4.69, 9.17) is 4.74 Å². The zero-order chi connectivity index (χ0) is 20.9. The van der Waals surface area contributed by atoms with Crippen molar-refractivity contribution in [1.29, 1.82) is 0 Å². The summed E-state index contributed by atoms with van der Waals surface area (Å²) in [5, 5.41) is 15.3. The third-order valence-corrected chi connectivity index (χ3v) is 5.79. The zero-order valence-corrected chi connectivity index (χ0v) is 17.4. The summed E-state index contributed by atoms with van der Waals surface area (Å²) >= 11 is 0. The Hall–Kier alpha value is -3.05. The van der Waals surface area contributed by atoms with Gasteiger partial charge in [0.25, 0.3) is 5.91 Å². The van der Waals surface area contributed by atoms with E-state index in [0.717, 1.165) is 49.7 Å². The van der Waals surface area contributed by atoms with E-state index in [1.165, 1.54) is 11.1 Å². The molecule has 1 heterocycles. The van der Waals surface area contributed by atoms with Gasteiger partial charge in [-0.2, -0.15) is 0 Å². The second-order valence-corrected chi connectivity index (χ2v) is 7.84. The summed E-state index contributed by atoms with van der Waals surface area (Å²) in [7, 11) is 1.58. The number of rotatable bonds is 7. The first kappa shape index (κ1) is 20.2. The number of unbranched alkanes of at least 4 members (excludes halogenated alkanes) is 1. The van der Waals surface area contributed by atoms with Crippen molar-refractivity contribution < 1.29 is 14.6 Å². The fourth-order valence-corrected chi connectivity index (χ4v) is 4.08. The minimum absolute atomic E-state index is 0.0166. The highest BCUT2D eigenvalue weighted by molar-refractivity contribution is 5.98. The molecular formula is C25H28N2O3. The Morgan fingerprint density at radius 3 is 2.73 bits per heavy atom. The fourth-order valence-electron chi connectivity index (χ4n) is 4.08. The minimum Gasteiger partial charge on any atom is -0.504 e. The normalized spacial score (nSPS) is 13.8. The molecule has 1 amide bonds. The van der Waals surface area contributed by atoms with E-state index >= 15 is 0 Å². The van der Waals surface area contributed by atoms with Gasteiger partial charge in [0, 0.05) is 25.2 Å². The molecule has 0 saturated carbocycles. The van der Waals surface area contributed by atoms with Crippen molar-refractivity contribution >= 4 is 16.7 Å². The van der Waals surface area contributed by atoms with Gasteiger partial charge in [-0.3, -0.25) is 9.69 Å². The highest BCUT2D eigenvalue weighted by atomic mass is 16.5. The van der Waals surface area contributed by atoms with Crippen LogP contribution < -0.4 is 10.1 Å². The molecule has 0 aliphatic carbocycles. The highest BCUT2D eigenvalue weighted by Crippen LogP contribution is 2.32. The van der Waals surface area contributed by atoms with Gasteiger partial charge in [0.15, 0.2) is 11.5 Å². The maximum atomic E-state index is 12.4. The Morgan fingerprint density at radius 1 is 1.07 bits per heavy atom. The number of methoxy groups -OCH3 is 1. The lowest BCUT2D eigenvalue weighted by molar-refractivity contribution is 0.0952. The van der Waals surface area contributed by atoms with Crippen LogP contribution in [-0.2, 0) is 13.0 Å². The first-order chi connectivity index (χ1) is 14.6. The molecule has 0 bridgehead atoms. The van der Waals surface area contributed by atoms with Crippen molar-refractivity contribution in [1.82, 2.24) is 10.2 Å². The Balaban J connectivity index is 1.21. The predicted molar refractivity (Wildman–Crippen MR) is 119 cm³/mol. The lowest BCUT2D eigenvalue weighted by Gasteiger charge is -2.29. The van der Waals surface area contributed by atoms with E-state index in [0.29, 0.717) is 17.9 Å². The van der Waals surface area contributed by atoms with E-state index in [9.17, 15) is 9.90 Å². The number of phenolic OH excluding ortho intramolecular Hbond substituents is 1. The van der Waals surface area contributed by atoms with E-state index in [2.05, 4.69) is 10.2 Å². The number of amides is 1. The number of hydrogen-bond donors (Lipinski definition) is 2. The maximum Gasteiger partial charge on any atom is 0.251 e. The van der Waals surface area contributed by atoms with Crippen molar-refractivity contribution in [3.63, 3.8) is 0 Å². The molecular weight excluding hydrogens is 376 g/mol. The van der Waals surface area contributed by atoms with Crippen molar-refractivity contribution in [3.05, 3.63) is 71.3 Å². The maximum absolute atomic E-state index is 12.4. The zero-order valence-electron chi connectivity index (χ0n) is 17.4. The van der Waals surface area contributed by atoms with Crippen LogP contribution in [0.3, 0.4) is 0 Å². The van der Waals surface area contributed by atoms with E-state index < -0.39 is 0 Å². The van der Waals surface area contributed by atoms with Crippen molar-refractivity contribution in [2.75, 3.05) is 26.7 Å². The molecule has 0 unspecified atom stereocenters. The van der Waals surface area contributed by atoms with Crippen molar-refractivity contribution in [2.24, 2.45) is 0 Å². The largest absolute Gasteiger partial charge is 0.504 e. The van der Waals surface area contributed by atoms with E-state index in [1.807, 2.05) is 54.6 Å². The monoisotopic (exact) mass is 404 g/mol. The number of carbonyl (C=O) groups excluding carboxylic acids is 1. The third kappa shape index (κ3) is 4.57. The average molecular weight is 405 g/mol. The Bertz CT molecular complexity index is 1050. The molecule has 5 heteroatoms. The SMILES string of the molecule is COc1cc2c(cc1O)CN(CCCCNC(=O)c1ccc3ccccc3c1)CC2. The molecule has 5 nitrogen and oxygen atoms in total. The molecule has 0 saturated heterocycles. The summed E-state index contributed by atoms with van der Waals surface area (Å²) in [6.45, 7) is 3.51. The summed E-state index contributed by atoms with van der Waals surface area (Å²) in [4.78, 5) is 14.8. The molecule has 3 aromatic rings. The molecule has 30 heavy (non-hydrogen) atoms. The number of phenols is 1. The Labute approximate surface area is 177 Å². The molecule has 2 N–H and O–H groups in total. The number of aromatic hydroxyl groups is 1. The van der Waals surface area contributed by atoms with Gasteiger partial charge in [0.1, 0.15) is 0 Å². The molecule has 0 aromatic heterocycles. The van der Waals surface area contributed by atoms with E-state index in [-0.39, 0.29) is 11.7 Å². The number of nitrogens with zero attached hydrogens (tertiary/aromatic N) is 1. The number of benzene rings is 3. The van der Waals surface area contributed by atoms with Gasteiger partial charge >= 0.3 is 0 Å². The number of ether oxygens (including phenoxy) is 1. The number of fused-ring (bicyclic) bond motifs is 2. The predicted octanol–water partition coefficient (Wildman–Crippen LogP) is 4.12. The Morgan fingerprint density at radius 2 is 1.90 bits per heavy atom. The fraction of sp³-hybridized carbons (Fsp3) is 0.320. The summed E-state index contributed by atoms with van der Waals surface area (Å²) in [5.41, 5.74) is 3.13. The molecule has 156 valence electrons. The average Bonchev–Trinajstić information content (AvgIpc) is 2.77. The van der Waals surface area contributed by atoms with Crippen LogP contribution in [0.5, 0.6) is 11.5 Å². The first-order valence-electron chi connectivity index (χ1n) is 10.5. The molecule has 4 rings (SSSR count). The molecule has 0 radical (unpaired) electrons. The first-order valence-corrected chi connectivity index (χ1v) is 10.5. The van der Waals surface area contributed by atoms with Gasteiger partial charge in [-0.1, -0.05) is 30.3 Å². The molecule has 3 aromatic carbocycles. The van der Waals surface area contributed by atoms with Crippen molar-refractivity contribution in [3.8, 4) is 11.5 Å². The van der Waals surface area contributed by atoms with Crippen molar-refractivity contribution in [2.45, 2.75) is 25.8 Å². The van der Waals surface area contributed by atoms with Crippen LogP contribution in [0, 0.1) is 0 Å². The molecule has 1 aliphatic heterocycles. The van der Waals surface area contributed by atoms with Crippen LogP contribution in [0.25, 0.3) is 10.8 Å². The second-order valence-electron chi connectivity index (χ2n) is 7.84. The van der Waals surface area contributed by atoms with Gasteiger partial charge < -0.3 is 15.2 Å². The number of hydrogen-bond acceptors (Lipinski definition) is 4. The molecule has 0 atom stereocenters. The topological polar surface area (TPSA) is 61.8 Å². The van der Waals surface area contributed by atoms with Gasteiger partial charge in [0.2, 0.25) is 0 Å². The van der Waals surface area contributed by atoms with Crippen LogP contribution in [0.2, 0.25) is 0 Å². The van der Waals surface area contributed by atoms with Crippen LogP contribution >= 0.6 is 0 Å². The van der Waals surface area contributed by atoms with Crippen LogP contribution in [0.1, 0.15) is 34.3 Å². The lowest BCUT2D eigenvalue weighted by atomic mass is 9.98. The quantitative estimate of drug-likeness (QED) is 0.582. The lowest BCUT2D eigenvalue weighted by Crippen LogP contribution is -2.32. The van der Waals surface area contributed by atoms with Crippen LogP contribution in [0.4, 0.5) is 0 Å². The molecule has 0 spiro atoms. The number of carbonyl (C=O) groups is 1. The summed E-state index contributed by atoms with van der Waals surface area (Å²) in [6.07, 6.45) is 2.93. The summed E-state index contributed by atoms with van der Waals surface area (Å²) in [6, 6.07) is 17.7. The van der Waals surface area contributed by atoms with E-state index in [1.54, 1.807) is 7.11 Å². The van der Waals surface area contributed by atoms with Gasteiger partial charge in [0.05, 0.1) is 7.11 Å². The van der Waals surface area contributed by atoms with Crippen LogP contribution in [0.15, 0.2) is 54.6 Å². The number of nitrogens with one attached hydrogen (secondary N) is 1. The molecule has 0 fully saturated rings. The Kier molecular flexibility index (Phi) is 6.19. The summed E-state index contributed by atoms with van der Waals surface area (Å²) < 4.78 is 5.20. The summed E-state index contributed by atoms with van der Waals surface area (Å²) in [5.74, 6) is 0.732. The third-order valence-electron chi connectivity index (χ3n) is 5.79. The van der Waals surface area contributed by atoms with Gasteiger partial charge in [-0.05, 0) is 72.0 Å². The minimum atomic E-state index is -0.0166. The second kappa shape index (κ2) is 9.18. The smallest absolute Gasteiger partial charge is 0.251 e. The van der Waals surface area contributed by atoms with Gasteiger partial charge in [-0.15, -0.1) is 0 Å². The van der Waals surface area contributed by atoms with Gasteiger partial charge in [-0.25, -0.2) is 0 Å².